The van der Waals surface area contributed by atoms with Crippen LogP contribution in [-0.2, 0) is 0 Å². The first-order valence-electron chi connectivity index (χ1n) is 6.55. The molecule has 0 fully saturated rings. The van der Waals surface area contributed by atoms with Crippen LogP contribution in [0, 0.1) is 6.92 Å². The standard InChI is InChI=1S/C17H11ClO4/c1-10-7-16(19)22-15-9-13(5-6-14(10)15)21-17(20)11-3-2-4-12(18)8-11/h2-9H,1H3. The summed E-state index contributed by atoms with van der Waals surface area (Å²) in [6.45, 7) is 1.82. The largest absolute Gasteiger partial charge is 0.423 e. The molecule has 5 heteroatoms. The molecule has 110 valence electrons. The van der Waals surface area contributed by atoms with Crippen LogP contribution in [0.25, 0.3) is 11.0 Å². The highest BCUT2D eigenvalue weighted by Gasteiger charge is 2.10. The summed E-state index contributed by atoms with van der Waals surface area (Å²) in [4.78, 5) is 23.5. The van der Waals surface area contributed by atoms with Gasteiger partial charge in [-0.15, -0.1) is 0 Å². The van der Waals surface area contributed by atoms with Gasteiger partial charge < -0.3 is 9.15 Å². The van der Waals surface area contributed by atoms with Gasteiger partial charge in [-0.25, -0.2) is 9.59 Å². The van der Waals surface area contributed by atoms with Crippen molar-refractivity contribution in [3.05, 3.63) is 75.1 Å². The monoisotopic (exact) mass is 314 g/mol. The first-order chi connectivity index (χ1) is 10.5. The van der Waals surface area contributed by atoms with Crippen molar-refractivity contribution in [1.29, 1.82) is 0 Å². The number of ether oxygens (including phenoxy) is 1. The van der Waals surface area contributed by atoms with Crippen molar-refractivity contribution in [2.24, 2.45) is 0 Å². The highest BCUT2D eigenvalue weighted by Crippen LogP contribution is 2.23. The normalized spacial score (nSPS) is 10.6. The lowest BCUT2D eigenvalue weighted by molar-refractivity contribution is 0.0735. The number of carbonyl (C=O) groups is 1. The molecule has 2 aromatic carbocycles. The summed E-state index contributed by atoms with van der Waals surface area (Å²) in [5.74, 6) is -0.233. The van der Waals surface area contributed by atoms with Crippen LogP contribution in [0.2, 0.25) is 5.02 Å². The highest BCUT2D eigenvalue weighted by molar-refractivity contribution is 6.30. The fraction of sp³-hybridized carbons (Fsp3) is 0.0588. The maximum atomic E-state index is 12.1. The zero-order valence-electron chi connectivity index (χ0n) is 11.6. The third-order valence-corrected chi connectivity index (χ3v) is 3.43. The second-order valence-electron chi connectivity index (χ2n) is 4.81. The Kier molecular flexibility index (Phi) is 3.69. The molecule has 0 bridgehead atoms. The number of rotatable bonds is 2. The minimum atomic E-state index is -0.531. The molecule has 3 aromatic rings. The number of hydrogen-bond donors (Lipinski definition) is 0. The van der Waals surface area contributed by atoms with Gasteiger partial charge in [-0.2, -0.15) is 0 Å². The number of benzene rings is 2. The molecule has 0 aliphatic heterocycles. The predicted octanol–water partition coefficient (Wildman–Crippen LogP) is 3.97. The summed E-state index contributed by atoms with van der Waals surface area (Å²) in [5.41, 5.74) is 1.09. The van der Waals surface area contributed by atoms with E-state index in [9.17, 15) is 9.59 Å². The topological polar surface area (TPSA) is 56.5 Å². The van der Waals surface area contributed by atoms with E-state index in [0.717, 1.165) is 10.9 Å². The Morgan fingerprint density at radius 2 is 1.95 bits per heavy atom. The van der Waals surface area contributed by atoms with Crippen molar-refractivity contribution in [1.82, 2.24) is 0 Å². The summed E-state index contributed by atoms with van der Waals surface area (Å²) in [5, 5.41) is 1.25. The lowest BCUT2D eigenvalue weighted by Gasteiger charge is -2.06. The Hall–Kier alpha value is -2.59. The molecule has 0 aliphatic rings. The molecule has 22 heavy (non-hydrogen) atoms. The van der Waals surface area contributed by atoms with Gasteiger partial charge in [0.05, 0.1) is 5.56 Å². The Morgan fingerprint density at radius 1 is 1.14 bits per heavy atom. The van der Waals surface area contributed by atoms with Gasteiger partial charge in [-0.05, 0) is 42.8 Å². The first kappa shape index (κ1) is 14.4. The van der Waals surface area contributed by atoms with Gasteiger partial charge in [0, 0.05) is 22.5 Å². The van der Waals surface area contributed by atoms with Gasteiger partial charge in [-0.1, -0.05) is 17.7 Å². The second-order valence-corrected chi connectivity index (χ2v) is 5.24. The van der Waals surface area contributed by atoms with E-state index in [1.165, 1.54) is 18.2 Å². The van der Waals surface area contributed by atoms with Crippen LogP contribution >= 0.6 is 11.6 Å². The summed E-state index contributed by atoms with van der Waals surface area (Å²) in [7, 11) is 0. The van der Waals surface area contributed by atoms with E-state index in [2.05, 4.69) is 0 Å². The number of esters is 1. The Morgan fingerprint density at radius 3 is 2.73 bits per heavy atom. The summed E-state index contributed by atoms with van der Waals surface area (Å²) < 4.78 is 10.4. The molecular formula is C17H11ClO4. The van der Waals surface area contributed by atoms with Crippen LogP contribution in [0.4, 0.5) is 0 Å². The van der Waals surface area contributed by atoms with Gasteiger partial charge in [0.2, 0.25) is 0 Å². The van der Waals surface area contributed by atoms with Crippen LogP contribution in [-0.4, -0.2) is 5.97 Å². The molecule has 0 N–H and O–H groups in total. The number of fused-ring (bicyclic) bond motifs is 1. The van der Waals surface area contributed by atoms with Crippen LogP contribution in [0.3, 0.4) is 0 Å². The van der Waals surface area contributed by atoms with Crippen LogP contribution < -0.4 is 10.4 Å². The molecule has 0 saturated heterocycles. The number of aryl methyl sites for hydroxylation is 1. The molecule has 4 nitrogen and oxygen atoms in total. The lowest BCUT2D eigenvalue weighted by atomic mass is 10.1. The van der Waals surface area contributed by atoms with Crippen molar-refractivity contribution in [2.45, 2.75) is 6.92 Å². The van der Waals surface area contributed by atoms with E-state index in [-0.39, 0.29) is 0 Å². The Balaban J connectivity index is 1.94. The molecule has 0 aliphatic carbocycles. The minimum Gasteiger partial charge on any atom is -0.423 e. The SMILES string of the molecule is Cc1cc(=O)oc2cc(OC(=O)c3cccc(Cl)c3)ccc12. The van der Waals surface area contributed by atoms with Gasteiger partial charge >= 0.3 is 11.6 Å². The van der Waals surface area contributed by atoms with Crippen LogP contribution in [0.5, 0.6) is 5.75 Å². The summed E-state index contributed by atoms with van der Waals surface area (Å²) in [6, 6.07) is 12.8. The average Bonchev–Trinajstić information content (AvgIpc) is 2.46. The van der Waals surface area contributed by atoms with E-state index < -0.39 is 11.6 Å². The second kappa shape index (κ2) is 5.66. The molecule has 1 aromatic heterocycles. The quantitative estimate of drug-likeness (QED) is 0.408. The maximum Gasteiger partial charge on any atom is 0.343 e. The lowest BCUT2D eigenvalue weighted by Crippen LogP contribution is -2.08. The highest BCUT2D eigenvalue weighted by atomic mass is 35.5. The van der Waals surface area contributed by atoms with Gasteiger partial charge in [0.1, 0.15) is 11.3 Å². The Labute approximate surface area is 130 Å². The van der Waals surface area contributed by atoms with Crippen molar-refractivity contribution in [3.63, 3.8) is 0 Å². The van der Waals surface area contributed by atoms with Crippen molar-refractivity contribution < 1.29 is 13.9 Å². The van der Waals surface area contributed by atoms with Crippen molar-refractivity contribution in [2.75, 3.05) is 0 Å². The smallest absolute Gasteiger partial charge is 0.343 e. The number of carbonyl (C=O) groups excluding carboxylic acids is 1. The third-order valence-electron chi connectivity index (χ3n) is 3.19. The minimum absolute atomic E-state index is 0.297. The van der Waals surface area contributed by atoms with Crippen molar-refractivity contribution in [3.8, 4) is 5.75 Å². The first-order valence-corrected chi connectivity index (χ1v) is 6.93. The molecule has 0 unspecified atom stereocenters. The van der Waals surface area contributed by atoms with Gasteiger partial charge in [0.15, 0.2) is 0 Å². The molecule has 0 saturated carbocycles. The zero-order chi connectivity index (χ0) is 15.7. The van der Waals surface area contributed by atoms with E-state index in [0.29, 0.717) is 21.9 Å². The molecular weight excluding hydrogens is 304 g/mol. The third kappa shape index (κ3) is 2.87. The molecule has 0 spiro atoms. The van der Waals surface area contributed by atoms with Crippen molar-refractivity contribution >= 4 is 28.5 Å². The predicted molar refractivity (Wildman–Crippen MR) is 83.6 cm³/mol. The Bertz CT molecular complexity index is 927. The average molecular weight is 315 g/mol. The zero-order valence-corrected chi connectivity index (χ0v) is 12.4. The van der Waals surface area contributed by atoms with Crippen LogP contribution in [0.1, 0.15) is 15.9 Å². The molecule has 0 radical (unpaired) electrons. The molecule has 0 amide bonds. The number of hydrogen-bond acceptors (Lipinski definition) is 4. The summed E-state index contributed by atoms with van der Waals surface area (Å²) >= 11 is 5.85. The van der Waals surface area contributed by atoms with Gasteiger partial charge in [0.25, 0.3) is 0 Å². The van der Waals surface area contributed by atoms with E-state index in [1.54, 1.807) is 30.3 Å². The maximum absolute atomic E-state index is 12.1. The van der Waals surface area contributed by atoms with E-state index in [1.807, 2.05) is 6.92 Å². The fourth-order valence-corrected chi connectivity index (χ4v) is 2.34. The molecule has 1 heterocycles. The van der Waals surface area contributed by atoms with E-state index in [4.69, 9.17) is 20.8 Å². The number of halogens is 1. The molecule has 3 rings (SSSR count). The van der Waals surface area contributed by atoms with Crippen LogP contribution in [0.15, 0.2) is 57.7 Å². The fourth-order valence-electron chi connectivity index (χ4n) is 2.15. The molecule has 0 atom stereocenters. The van der Waals surface area contributed by atoms with E-state index >= 15 is 0 Å². The van der Waals surface area contributed by atoms with Gasteiger partial charge in [-0.3, -0.25) is 0 Å². The summed E-state index contributed by atoms with van der Waals surface area (Å²) in [6.07, 6.45) is 0.